The monoisotopic (exact) mass is 291 g/mol. The zero-order valence-corrected chi connectivity index (χ0v) is 11.3. The van der Waals surface area contributed by atoms with Gasteiger partial charge in [0.1, 0.15) is 5.69 Å². The fraction of sp³-hybridized carbons (Fsp3) is 0.154. The van der Waals surface area contributed by atoms with Crippen LogP contribution in [0, 0.1) is 0 Å². The number of rotatable bonds is 5. The quantitative estimate of drug-likeness (QED) is 0.777. The Morgan fingerprint density at radius 1 is 1.35 bits per heavy atom. The van der Waals surface area contributed by atoms with E-state index in [1.807, 2.05) is 6.07 Å². The molecule has 2 rings (SSSR count). The van der Waals surface area contributed by atoms with Crippen LogP contribution in [0.3, 0.4) is 0 Å². The lowest BCUT2D eigenvalue weighted by Crippen LogP contribution is -2.30. The Morgan fingerprint density at radius 3 is 2.60 bits per heavy atom. The maximum absolute atomic E-state index is 12.0. The van der Waals surface area contributed by atoms with Crippen LogP contribution in [0.4, 0.5) is 5.13 Å². The largest absolute Gasteiger partial charge is 0.481 e. The minimum atomic E-state index is -0.989. The number of hydrogen-bond acceptors (Lipinski definition) is 5. The Labute approximate surface area is 119 Å². The highest BCUT2D eigenvalue weighted by molar-refractivity contribution is 7.13. The van der Waals surface area contributed by atoms with E-state index < -0.39 is 17.9 Å². The van der Waals surface area contributed by atoms with Crippen LogP contribution < -0.4 is 11.1 Å². The van der Waals surface area contributed by atoms with Crippen LogP contribution in [0.15, 0.2) is 35.7 Å². The zero-order valence-electron chi connectivity index (χ0n) is 10.4. The van der Waals surface area contributed by atoms with E-state index in [2.05, 4.69) is 10.3 Å². The summed E-state index contributed by atoms with van der Waals surface area (Å²) in [5, 5.41) is 13.4. The molecule has 0 saturated heterocycles. The van der Waals surface area contributed by atoms with Gasteiger partial charge in [-0.05, 0) is 5.56 Å². The van der Waals surface area contributed by atoms with Gasteiger partial charge in [-0.15, -0.1) is 11.3 Å². The summed E-state index contributed by atoms with van der Waals surface area (Å²) in [6.45, 7) is 0. The Bertz CT molecular complexity index is 612. The topological polar surface area (TPSA) is 105 Å². The average molecular weight is 291 g/mol. The Kier molecular flexibility index (Phi) is 4.31. The smallest absolute Gasteiger partial charge is 0.305 e. The van der Waals surface area contributed by atoms with Crippen molar-refractivity contribution in [3.63, 3.8) is 0 Å². The van der Waals surface area contributed by atoms with Gasteiger partial charge in [0.25, 0.3) is 5.91 Å². The number of hydrogen-bond donors (Lipinski definition) is 3. The van der Waals surface area contributed by atoms with Gasteiger partial charge in [-0.1, -0.05) is 30.3 Å². The number of amides is 1. The summed E-state index contributed by atoms with van der Waals surface area (Å²) in [7, 11) is 0. The molecule has 0 aliphatic rings. The van der Waals surface area contributed by atoms with Crippen LogP contribution in [-0.2, 0) is 4.79 Å². The van der Waals surface area contributed by atoms with Crippen LogP contribution in [0.2, 0.25) is 0 Å². The van der Waals surface area contributed by atoms with E-state index in [9.17, 15) is 9.59 Å². The van der Waals surface area contributed by atoms with E-state index in [1.165, 1.54) is 5.38 Å². The van der Waals surface area contributed by atoms with Crippen molar-refractivity contribution in [3.8, 4) is 0 Å². The highest BCUT2D eigenvalue weighted by atomic mass is 32.1. The van der Waals surface area contributed by atoms with Crippen molar-refractivity contribution >= 4 is 28.3 Å². The standard InChI is InChI=1S/C13H13N3O3S/c14-13-16-10(7-20-13)12(19)15-9(6-11(17)18)8-4-2-1-3-5-8/h1-5,7,9H,6H2,(H2,14,16)(H,15,19)(H,17,18). The van der Waals surface area contributed by atoms with Gasteiger partial charge in [-0.3, -0.25) is 9.59 Å². The van der Waals surface area contributed by atoms with Gasteiger partial charge >= 0.3 is 5.97 Å². The lowest BCUT2D eigenvalue weighted by Gasteiger charge is -2.16. The number of carbonyl (C=O) groups excluding carboxylic acids is 1. The summed E-state index contributed by atoms with van der Waals surface area (Å²) in [6.07, 6.45) is -0.199. The summed E-state index contributed by atoms with van der Waals surface area (Å²) in [6, 6.07) is 8.33. The highest BCUT2D eigenvalue weighted by Gasteiger charge is 2.20. The predicted octanol–water partition coefficient (Wildman–Crippen LogP) is 1.67. The second-order valence-corrected chi connectivity index (χ2v) is 5.00. The number of carboxylic acid groups (broad SMARTS) is 1. The van der Waals surface area contributed by atoms with Crippen molar-refractivity contribution in [1.29, 1.82) is 0 Å². The first kappa shape index (κ1) is 14.0. The number of aromatic nitrogens is 1. The summed E-state index contributed by atoms with van der Waals surface area (Å²) in [5.41, 5.74) is 6.39. The molecule has 0 spiro atoms. The molecule has 7 heteroatoms. The molecule has 4 N–H and O–H groups in total. The molecule has 1 aromatic carbocycles. The van der Waals surface area contributed by atoms with E-state index in [-0.39, 0.29) is 12.1 Å². The molecule has 20 heavy (non-hydrogen) atoms. The number of nitrogens with zero attached hydrogens (tertiary/aromatic N) is 1. The third-order valence-electron chi connectivity index (χ3n) is 2.64. The van der Waals surface area contributed by atoms with Gasteiger partial charge in [0.15, 0.2) is 5.13 Å². The molecule has 1 heterocycles. The molecule has 0 saturated carbocycles. The second-order valence-electron chi connectivity index (χ2n) is 4.11. The van der Waals surface area contributed by atoms with Crippen LogP contribution in [-0.4, -0.2) is 22.0 Å². The van der Waals surface area contributed by atoms with E-state index in [4.69, 9.17) is 10.8 Å². The summed E-state index contributed by atoms with van der Waals surface area (Å²) < 4.78 is 0. The normalized spacial score (nSPS) is 11.8. The number of carboxylic acids is 1. The number of nitrogen functional groups attached to an aromatic ring is 1. The fourth-order valence-corrected chi connectivity index (χ4v) is 2.28. The lowest BCUT2D eigenvalue weighted by atomic mass is 10.0. The van der Waals surface area contributed by atoms with Crippen molar-refractivity contribution < 1.29 is 14.7 Å². The SMILES string of the molecule is Nc1nc(C(=O)NC(CC(=O)O)c2ccccc2)cs1. The van der Waals surface area contributed by atoms with Crippen LogP contribution in [0.1, 0.15) is 28.5 Å². The van der Waals surface area contributed by atoms with Crippen molar-refractivity contribution in [1.82, 2.24) is 10.3 Å². The van der Waals surface area contributed by atoms with Crippen molar-refractivity contribution in [3.05, 3.63) is 47.0 Å². The van der Waals surface area contributed by atoms with E-state index in [1.54, 1.807) is 24.3 Å². The number of aliphatic carboxylic acids is 1. The maximum atomic E-state index is 12.0. The van der Waals surface area contributed by atoms with Gasteiger partial charge in [-0.2, -0.15) is 0 Å². The van der Waals surface area contributed by atoms with Gasteiger partial charge < -0.3 is 16.2 Å². The van der Waals surface area contributed by atoms with E-state index in [0.717, 1.165) is 16.9 Å². The van der Waals surface area contributed by atoms with Crippen molar-refractivity contribution in [2.75, 3.05) is 5.73 Å². The maximum Gasteiger partial charge on any atom is 0.305 e. The van der Waals surface area contributed by atoms with Crippen LogP contribution in [0.25, 0.3) is 0 Å². The second kappa shape index (κ2) is 6.16. The molecule has 1 atom stereocenters. The number of thiazole rings is 1. The molecule has 0 bridgehead atoms. The molecular weight excluding hydrogens is 278 g/mol. The minimum absolute atomic E-state index is 0.193. The molecule has 1 unspecified atom stereocenters. The lowest BCUT2D eigenvalue weighted by molar-refractivity contribution is -0.137. The molecule has 1 aromatic heterocycles. The number of nitrogens with two attached hydrogens (primary N) is 1. The molecule has 104 valence electrons. The molecular formula is C13H13N3O3S. The molecule has 0 aliphatic heterocycles. The Balaban J connectivity index is 2.16. The molecule has 2 aromatic rings. The molecule has 6 nitrogen and oxygen atoms in total. The van der Waals surface area contributed by atoms with Gasteiger partial charge in [-0.25, -0.2) is 4.98 Å². The van der Waals surface area contributed by atoms with Crippen molar-refractivity contribution in [2.45, 2.75) is 12.5 Å². The van der Waals surface area contributed by atoms with Crippen LogP contribution in [0.5, 0.6) is 0 Å². The number of anilines is 1. The molecule has 0 radical (unpaired) electrons. The first-order valence-corrected chi connectivity index (χ1v) is 6.73. The zero-order chi connectivity index (χ0) is 14.5. The highest BCUT2D eigenvalue weighted by Crippen LogP contribution is 2.18. The molecule has 0 fully saturated rings. The number of carbonyl (C=O) groups is 2. The first-order chi connectivity index (χ1) is 9.56. The van der Waals surface area contributed by atoms with Crippen LogP contribution >= 0.6 is 11.3 Å². The van der Waals surface area contributed by atoms with Gasteiger partial charge in [0.2, 0.25) is 0 Å². The van der Waals surface area contributed by atoms with Gasteiger partial charge in [0, 0.05) is 5.38 Å². The first-order valence-electron chi connectivity index (χ1n) is 5.85. The third-order valence-corrected chi connectivity index (χ3v) is 3.31. The summed E-state index contributed by atoms with van der Waals surface area (Å²) in [4.78, 5) is 26.8. The Morgan fingerprint density at radius 2 is 2.05 bits per heavy atom. The summed E-state index contributed by atoms with van der Waals surface area (Å²) in [5.74, 6) is -1.43. The average Bonchev–Trinajstić information content (AvgIpc) is 2.85. The summed E-state index contributed by atoms with van der Waals surface area (Å²) >= 11 is 1.16. The van der Waals surface area contributed by atoms with Gasteiger partial charge in [0.05, 0.1) is 12.5 Å². The molecule has 0 aliphatic carbocycles. The van der Waals surface area contributed by atoms with E-state index in [0.29, 0.717) is 5.13 Å². The van der Waals surface area contributed by atoms with E-state index >= 15 is 0 Å². The molecule has 1 amide bonds. The fourth-order valence-electron chi connectivity index (χ4n) is 1.74. The predicted molar refractivity (Wildman–Crippen MR) is 75.4 cm³/mol. The third kappa shape index (κ3) is 3.55. The van der Waals surface area contributed by atoms with Crippen molar-refractivity contribution in [2.24, 2.45) is 0 Å². The number of benzene rings is 1. The minimum Gasteiger partial charge on any atom is -0.481 e. The number of nitrogens with one attached hydrogen (secondary N) is 1. The Hall–Kier alpha value is -2.41.